The largest absolute Gasteiger partial charge is 0.308 e. The Kier molecular flexibility index (Phi) is 3.16. The third kappa shape index (κ3) is 2.31. The summed E-state index contributed by atoms with van der Waals surface area (Å²) >= 11 is 0. The van der Waals surface area contributed by atoms with Crippen LogP contribution in [-0.4, -0.2) is 19.7 Å². The maximum absolute atomic E-state index is 5.52. The number of aromatic nitrogens is 4. The normalized spacial score (nSPS) is 15.9. The lowest BCUT2D eigenvalue weighted by Gasteiger charge is -2.12. The summed E-state index contributed by atoms with van der Waals surface area (Å²) in [6, 6.07) is 3.86. The number of hydrogen-bond donors (Lipinski definition) is 2. The highest BCUT2D eigenvalue weighted by Crippen LogP contribution is 2.34. The Morgan fingerprint density at radius 3 is 2.74 bits per heavy atom. The Balaban J connectivity index is 2.04. The summed E-state index contributed by atoms with van der Waals surface area (Å²) in [5.41, 5.74) is 4.61. The maximum Gasteiger partial charge on any atom is 0.180 e. The van der Waals surface area contributed by atoms with E-state index in [4.69, 9.17) is 10.8 Å². The summed E-state index contributed by atoms with van der Waals surface area (Å²) < 4.78 is 1.77. The predicted molar refractivity (Wildman–Crippen MR) is 73.3 cm³/mol. The molecule has 3 rings (SSSR count). The first kappa shape index (κ1) is 12.1. The predicted octanol–water partition coefficient (Wildman–Crippen LogP) is 1.82. The highest BCUT2D eigenvalue weighted by atomic mass is 15.3. The number of nitrogen functional groups attached to an aromatic ring is 1. The van der Waals surface area contributed by atoms with Gasteiger partial charge in [-0.1, -0.05) is 12.8 Å². The zero-order valence-electron chi connectivity index (χ0n) is 11.0. The van der Waals surface area contributed by atoms with Gasteiger partial charge in [0.15, 0.2) is 5.82 Å². The van der Waals surface area contributed by atoms with Gasteiger partial charge in [-0.2, -0.15) is 5.10 Å². The fraction of sp³-hybridized carbons (Fsp3) is 0.462. The minimum Gasteiger partial charge on any atom is -0.308 e. The number of anilines is 1. The topological polar surface area (TPSA) is 81.7 Å². The van der Waals surface area contributed by atoms with Crippen molar-refractivity contribution in [3.63, 3.8) is 0 Å². The van der Waals surface area contributed by atoms with Crippen molar-refractivity contribution >= 4 is 5.82 Å². The van der Waals surface area contributed by atoms with Gasteiger partial charge in [0.25, 0.3) is 0 Å². The van der Waals surface area contributed by atoms with E-state index in [1.165, 1.54) is 25.7 Å². The summed E-state index contributed by atoms with van der Waals surface area (Å²) in [6.07, 6.45) is 6.70. The van der Waals surface area contributed by atoms with Gasteiger partial charge in [0.05, 0.1) is 0 Å². The average molecular weight is 258 g/mol. The second-order valence-corrected chi connectivity index (χ2v) is 4.97. The summed E-state index contributed by atoms with van der Waals surface area (Å²) in [5, 5.41) is 4.16. The molecule has 0 bridgehead atoms. The number of nitrogens with two attached hydrogens (primary N) is 1. The van der Waals surface area contributed by atoms with Gasteiger partial charge in [0.2, 0.25) is 0 Å². The molecule has 2 heterocycles. The van der Waals surface area contributed by atoms with Crippen molar-refractivity contribution in [2.24, 2.45) is 12.9 Å². The van der Waals surface area contributed by atoms with Crippen molar-refractivity contribution in [3.05, 3.63) is 24.0 Å². The molecule has 0 aliphatic heterocycles. The standard InChI is InChI=1S/C13H18N6/c1-19-11(6-7-15-19)13-16-10(8-12(17-13)18-14)9-4-2-3-5-9/h6-9H,2-5,14H2,1H3,(H,16,17,18). The molecule has 3 N–H and O–H groups in total. The lowest BCUT2D eigenvalue weighted by molar-refractivity contribution is 0.693. The molecule has 0 amide bonds. The Morgan fingerprint density at radius 1 is 1.32 bits per heavy atom. The van der Waals surface area contributed by atoms with E-state index in [2.05, 4.69) is 15.5 Å². The van der Waals surface area contributed by atoms with E-state index < -0.39 is 0 Å². The Hall–Kier alpha value is -1.95. The molecular formula is C13H18N6. The van der Waals surface area contributed by atoms with Gasteiger partial charge in [-0.15, -0.1) is 0 Å². The molecule has 1 aliphatic carbocycles. The van der Waals surface area contributed by atoms with Crippen LogP contribution in [0.2, 0.25) is 0 Å². The maximum atomic E-state index is 5.52. The fourth-order valence-electron chi connectivity index (χ4n) is 2.68. The molecule has 2 aromatic rings. The van der Waals surface area contributed by atoms with E-state index in [0.29, 0.717) is 17.6 Å². The number of nitrogens with one attached hydrogen (secondary N) is 1. The summed E-state index contributed by atoms with van der Waals surface area (Å²) in [6.45, 7) is 0. The molecular weight excluding hydrogens is 240 g/mol. The average Bonchev–Trinajstić information content (AvgIpc) is 3.09. The van der Waals surface area contributed by atoms with Crippen molar-refractivity contribution < 1.29 is 0 Å². The Morgan fingerprint density at radius 2 is 2.11 bits per heavy atom. The van der Waals surface area contributed by atoms with Crippen LogP contribution >= 0.6 is 0 Å². The second kappa shape index (κ2) is 4.97. The van der Waals surface area contributed by atoms with E-state index in [-0.39, 0.29) is 0 Å². The van der Waals surface area contributed by atoms with E-state index in [1.54, 1.807) is 10.9 Å². The molecule has 1 saturated carbocycles. The number of nitrogens with zero attached hydrogens (tertiary/aromatic N) is 4. The third-order valence-electron chi connectivity index (χ3n) is 3.72. The van der Waals surface area contributed by atoms with Crippen molar-refractivity contribution in [1.29, 1.82) is 0 Å². The van der Waals surface area contributed by atoms with Crippen LogP contribution in [0.4, 0.5) is 5.82 Å². The molecule has 0 unspecified atom stereocenters. The molecule has 1 fully saturated rings. The molecule has 0 aromatic carbocycles. The zero-order chi connectivity index (χ0) is 13.2. The van der Waals surface area contributed by atoms with Gasteiger partial charge in [0.1, 0.15) is 11.5 Å². The molecule has 6 nitrogen and oxygen atoms in total. The molecule has 19 heavy (non-hydrogen) atoms. The fourth-order valence-corrected chi connectivity index (χ4v) is 2.68. The lowest BCUT2D eigenvalue weighted by atomic mass is 10.0. The smallest absolute Gasteiger partial charge is 0.180 e. The SMILES string of the molecule is Cn1nccc1-c1nc(NN)cc(C2CCCC2)n1. The van der Waals surface area contributed by atoms with Crippen LogP contribution in [0, 0.1) is 0 Å². The first-order valence-corrected chi connectivity index (χ1v) is 6.62. The molecule has 2 aromatic heterocycles. The summed E-state index contributed by atoms with van der Waals surface area (Å²) in [7, 11) is 1.89. The third-order valence-corrected chi connectivity index (χ3v) is 3.72. The van der Waals surface area contributed by atoms with Crippen LogP contribution in [0.15, 0.2) is 18.3 Å². The van der Waals surface area contributed by atoms with Crippen molar-refractivity contribution in [2.75, 3.05) is 5.43 Å². The minimum atomic E-state index is 0.530. The van der Waals surface area contributed by atoms with E-state index in [9.17, 15) is 0 Å². The van der Waals surface area contributed by atoms with E-state index in [1.807, 2.05) is 19.2 Å². The molecule has 0 atom stereocenters. The van der Waals surface area contributed by atoms with Gasteiger partial charge in [-0.3, -0.25) is 4.68 Å². The molecule has 0 radical (unpaired) electrons. The number of rotatable bonds is 3. The first-order valence-electron chi connectivity index (χ1n) is 6.62. The van der Waals surface area contributed by atoms with Gasteiger partial charge >= 0.3 is 0 Å². The van der Waals surface area contributed by atoms with Crippen molar-refractivity contribution in [3.8, 4) is 11.5 Å². The monoisotopic (exact) mass is 258 g/mol. The Bertz CT molecular complexity index is 570. The van der Waals surface area contributed by atoms with Crippen LogP contribution in [0.1, 0.15) is 37.3 Å². The van der Waals surface area contributed by atoms with Crippen LogP contribution in [0.25, 0.3) is 11.5 Å². The van der Waals surface area contributed by atoms with Crippen molar-refractivity contribution in [1.82, 2.24) is 19.7 Å². The molecule has 1 aliphatic rings. The number of hydrogen-bond acceptors (Lipinski definition) is 5. The van der Waals surface area contributed by atoms with Crippen LogP contribution < -0.4 is 11.3 Å². The quantitative estimate of drug-likeness (QED) is 0.648. The molecule has 0 spiro atoms. The Labute approximate surface area is 112 Å². The van der Waals surface area contributed by atoms with Gasteiger partial charge in [-0.05, 0) is 18.9 Å². The molecule has 100 valence electrons. The van der Waals surface area contributed by atoms with Crippen molar-refractivity contribution in [2.45, 2.75) is 31.6 Å². The highest BCUT2D eigenvalue weighted by molar-refractivity contribution is 5.53. The summed E-state index contributed by atoms with van der Waals surface area (Å²) in [4.78, 5) is 9.12. The summed E-state index contributed by atoms with van der Waals surface area (Å²) in [5.74, 6) is 7.38. The van der Waals surface area contributed by atoms with Crippen LogP contribution in [-0.2, 0) is 7.05 Å². The van der Waals surface area contributed by atoms with Crippen LogP contribution in [0.5, 0.6) is 0 Å². The minimum absolute atomic E-state index is 0.530. The van der Waals surface area contributed by atoms with Crippen LogP contribution in [0.3, 0.4) is 0 Å². The molecule has 0 saturated heterocycles. The highest BCUT2D eigenvalue weighted by Gasteiger charge is 2.20. The van der Waals surface area contributed by atoms with Gasteiger partial charge in [0, 0.05) is 30.9 Å². The zero-order valence-corrected chi connectivity index (χ0v) is 11.0. The lowest BCUT2D eigenvalue weighted by Crippen LogP contribution is -2.12. The first-order chi connectivity index (χ1) is 9.28. The van der Waals surface area contributed by atoms with Gasteiger partial charge in [-0.25, -0.2) is 15.8 Å². The second-order valence-electron chi connectivity index (χ2n) is 4.97. The number of aryl methyl sites for hydroxylation is 1. The van der Waals surface area contributed by atoms with Gasteiger partial charge < -0.3 is 5.43 Å². The van der Waals surface area contributed by atoms with E-state index >= 15 is 0 Å². The van der Waals surface area contributed by atoms with E-state index in [0.717, 1.165) is 11.4 Å². The molecule has 6 heteroatoms. The number of hydrazine groups is 1.